The quantitative estimate of drug-likeness (QED) is 0.683. The zero-order valence-corrected chi connectivity index (χ0v) is 13.7. The lowest BCUT2D eigenvalue weighted by molar-refractivity contribution is -0.385. The van der Waals surface area contributed by atoms with Crippen molar-refractivity contribution in [1.29, 1.82) is 0 Å². The molecule has 0 radical (unpaired) electrons. The van der Waals surface area contributed by atoms with Crippen molar-refractivity contribution < 1.29 is 14.5 Å². The molecule has 0 saturated carbocycles. The minimum atomic E-state index is -0.479. The molecule has 0 atom stereocenters. The molecule has 0 spiro atoms. The largest absolute Gasteiger partial charge is 0.321 e. The predicted molar refractivity (Wildman–Crippen MR) is 93.8 cm³/mol. The minimum absolute atomic E-state index is 0.0410. The van der Waals surface area contributed by atoms with E-state index >= 15 is 0 Å². The van der Waals surface area contributed by atoms with Gasteiger partial charge in [-0.1, -0.05) is 6.07 Å². The summed E-state index contributed by atoms with van der Waals surface area (Å²) in [6.45, 7) is 2.28. The van der Waals surface area contributed by atoms with E-state index in [2.05, 4.69) is 5.32 Å². The van der Waals surface area contributed by atoms with Gasteiger partial charge in [0.25, 0.3) is 11.6 Å². The first-order chi connectivity index (χ1) is 12.0. The summed E-state index contributed by atoms with van der Waals surface area (Å²) in [5, 5.41) is 13.7. The molecule has 1 aliphatic heterocycles. The van der Waals surface area contributed by atoms with E-state index in [-0.39, 0.29) is 17.5 Å². The molecular formula is C18H17N3O4. The van der Waals surface area contributed by atoms with Gasteiger partial charge >= 0.3 is 0 Å². The standard InChI is InChI=1S/C18H17N3O4/c1-12-15(4-2-5-16(12)21(24)25)19-18(23)13-7-9-14(10-8-13)20-11-3-6-17(20)22/h2,4-5,7-10H,3,6,11H2,1H3,(H,19,23). The Balaban J connectivity index is 1.77. The number of carbonyl (C=O) groups is 2. The Morgan fingerprint density at radius 1 is 1.20 bits per heavy atom. The molecule has 1 N–H and O–H groups in total. The molecule has 1 saturated heterocycles. The topological polar surface area (TPSA) is 92.6 Å². The number of carbonyl (C=O) groups excluding carboxylic acids is 2. The van der Waals surface area contributed by atoms with Crippen LogP contribution in [-0.4, -0.2) is 23.3 Å². The van der Waals surface area contributed by atoms with Crippen LogP contribution in [0.4, 0.5) is 17.1 Å². The molecule has 2 aromatic carbocycles. The van der Waals surface area contributed by atoms with Crippen LogP contribution in [0.2, 0.25) is 0 Å². The van der Waals surface area contributed by atoms with Crippen LogP contribution in [0.1, 0.15) is 28.8 Å². The van der Waals surface area contributed by atoms with E-state index in [1.54, 1.807) is 42.2 Å². The maximum Gasteiger partial charge on any atom is 0.274 e. The number of hydrogen-bond acceptors (Lipinski definition) is 4. The molecule has 7 nitrogen and oxygen atoms in total. The fraction of sp³-hybridized carbons (Fsp3) is 0.222. The molecule has 1 heterocycles. The molecule has 0 bridgehead atoms. The molecule has 3 rings (SSSR count). The molecule has 1 aliphatic rings. The van der Waals surface area contributed by atoms with E-state index in [0.29, 0.717) is 29.8 Å². The first-order valence-electron chi connectivity index (χ1n) is 7.93. The van der Waals surface area contributed by atoms with E-state index in [4.69, 9.17) is 0 Å². The first-order valence-corrected chi connectivity index (χ1v) is 7.93. The summed E-state index contributed by atoms with van der Waals surface area (Å²) < 4.78 is 0. The van der Waals surface area contributed by atoms with Crippen molar-refractivity contribution in [3.8, 4) is 0 Å². The summed E-state index contributed by atoms with van der Waals surface area (Å²) >= 11 is 0. The highest BCUT2D eigenvalue weighted by Gasteiger charge is 2.22. The summed E-state index contributed by atoms with van der Waals surface area (Å²) in [5.74, 6) is -0.271. The van der Waals surface area contributed by atoms with Gasteiger partial charge in [0.15, 0.2) is 0 Å². The second kappa shape index (κ2) is 6.72. The second-order valence-electron chi connectivity index (χ2n) is 5.86. The van der Waals surface area contributed by atoms with Crippen molar-refractivity contribution in [2.75, 3.05) is 16.8 Å². The van der Waals surface area contributed by atoms with Crippen molar-refractivity contribution in [3.63, 3.8) is 0 Å². The Morgan fingerprint density at radius 3 is 2.52 bits per heavy atom. The fourth-order valence-electron chi connectivity index (χ4n) is 2.87. The number of nitrogens with one attached hydrogen (secondary N) is 1. The normalized spacial score (nSPS) is 13.8. The Morgan fingerprint density at radius 2 is 1.92 bits per heavy atom. The highest BCUT2D eigenvalue weighted by atomic mass is 16.6. The Kier molecular flexibility index (Phi) is 4.47. The molecule has 2 aromatic rings. The van der Waals surface area contributed by atoms with Crippen LogP contribution in [0.15, 0.2) is 42.5 Å². The van der Waals surface area contributed by atoms with Crippen molar-refractivity contribution in [3.05, 3.63) is 63.7 Å². The van der Waals surface area contributed by atoms with Crippen LogP contribution in [0.25, 0.3) is 0 Å². The average Bonchev–Trinajstić information content (AvgIpc) is 3.02. The SMILES string of the molecule is Cc1c(NC(=O)c2ccc(N3CCCC3=O)cc2)cccc1[N+](=O)[O-]. The highest BCUT2D eigenvalue weighted by Crippen LogP contribution is 2.26. The maximum atomic E-state index is 12.4. The van der Waals surface area contributed by atoms with E-state index < -0.39 is 4.92 Å². The fourth-order valence-corrected chi connectivity index (χ4v) is 2.87. The van der Waals surface area contributed by atoms with Crippen molar-refractivity contribution >= 4 is 28.9 Å². The third-order valence-electron chi connectivity index (χ3n) is 4.26. The third kappa shape index (κ3) is 3.35. The number of nitro groups is 1. The summed E-state index contributed by atoms with van der Waals surface area (Å²) in [6.07, 6.45) is 1.39. The van der Waals surface area contributed by atoms with Gasteiger partial charge in [0.05, 0.1) is 16.2 Å². The van der Waals surface area contributed by atoms with Crippen LogP contribution >= 0.6 is 0 Å². The predicted octanol–water partition coefficient (Wildman–Crippen LogP) is 3.28. The minimum Gasteiger partial charge on any atom is -0.321 e. The summed E-state index contributed by atoms with van der Waals surface area (Å²) in [7, 11) is 0. The summed E-state index contributed by atoms with van der Waals surface area (Å²) in [4.78, 5) is 36.3. The van der Waals surface area contributed by atoms with Crippen LogP contribution in [-0.2, 0) is 4.79 Å². The maximum absolute atomic E-state index is 12.4. The number of benzene rings is 2. The summed E-state index contributed by atoms with van der Waals surface area (Å²) in [6, 6.07) is 11.3. The molecule has 128 valence electrons. The monoisotopic (exact) mass is 339 g/mol. The summed E-state index contributed by atoms with van der Waals surface area (Å²) in [5.41, 5.74) is 1.95. The Labute approximate surface area is 144 Å². The van der Waals surface area contributed by atoms with Crippen LogP contribution < -0.4 is 10.2 Å². The lowest BCUT2D eigenvalue weighted by Gasteiger charge is -2.16. The van der Waals surface area contributed by atoms with Gasteiger partial charge in [-0.05, 0) is 43.7 Å². The number of hydrogen-bond donors (Lipinski definition) is 1. The van der Waals surface area contributed by atoms with Crippen molar-refractivity contribution in [2.45, 2.75) is 19.8 Å². The molecular weight excluding hydrogens is 322 g/mol. The molecule has 0 unspecified atom stereocenters. The van der Waals surface area contributed by atoms with Crippen LogP contribution in [0.5, 0.6) is 0 Å². The van der Waals surface area contributed by atoms with Gasteiger partial charge < -0.3 is 10.2 Å². The van der Waals surface area contributed by atoms with Crippen LogP contribution in [0, 0.1) is 17.0 Å². The van der Waals surface area contributed by atoms with Gasteiger partial charge in [-0.25, -0.2) is 0 Å². The lowest BCUT2D eigenvalue weighted by atomic mass is 10.1. The zero-order chi connectivity index (χ0) is 18.0. The van der Waals surface area contributed by atoms with Gasteiger partial charge in [-0.15, -0.1) is 0 Å². The molecule has 0 aliphatic carbocycles. The van der Waals surface area contributed by atoms with Crippen LogP contribution in [0.3, 0.4) is 0 Å². The molecule has 2 amide bonds. The molecule has 1 fully saturated rings. The lowest BCUT2D eigenvalue weighted by Crippen LogP contribution is -2.23. The number of amides is 2. The molecule has 0 aromatic heterocycles. The number of nitro benzene ring substituents is 1. The van der Waals surface area contributed by atoms with Gasteiger partial charge in [0.2, 0.25) is 5.91 Å². The van der Waals surface area contributed by atoms with E-state index in [1.165, 1.54) is 12.1 Å². The Hall–Kier alpha value is -3.22. The highest BCUT2D eigenvalue weighted by molar-refractivity contribution is 6.05. The molecule has 25 heavy (non-hydrogen) atoms. The molecule has 7 heteroatoms. The van der Waals surface area contributed by atoms with E-state index in [1.807, 2.05) is 0 Å². The van der Waals surface area contributed by atoms with Crippen molar-refractivity contribution in [1.82, 2.24) is 0 Å². The van der Waals surface area contributed by atoms with Crippen molar-refractivity contribution in [2.24, 2.45) is 0 Å². The smallest absolute Gasteiger partial charge is 0.274 e. The zero-order valence-electron chi connectivity index (χ0n) is 13.7. The van der Waals surface area contributed by atoms with Gasteiger partial charge in [-0.3, -0.25) is 19.7 Å². The number of anilines is 2. The number of nitrogens with zero attached hydrogens (tertiary/aromatic N) is 2. The van der Waals surface area contributed by atoms with E-state index in [0.717, 1.165) is 12.1 Å². The van der Waals surface area contributed by atoms with Gasteiger partial charge in [0.1, 0.15) is 0 Å². The van der Waals surface area contributed by atoms with Gasteiger partial charge in [0, 0.05) is 30.3 Å². The van der Waals surface area contributed by atoms with E-state index in [9.17, 15) is 19.7 Å². The van der Waals surface area contributed by atoms with Gasteiger partial charge in [-0.2, -0.15) is 0 Å². The number of rotatable bonds is 4. The second-order valence-corrected chi connectivity index (χ2v) is 5.86. The average molecular weight is 339 g/mol. The first kappa shape index (κ1) is 16.6. The Bertz CT molecular complexity index is 846. The third-order valence-corrected chi connectivity index (χ3v) is 4.26.